The third-order valence-corrected chi connectivity index (χ3v) is 4.38. The third kappa shape index (κ3) is 3.88. The van der Waals surface area contributed by atoms with E-state index in [4.69, 9.17) is 17.0 Å². The Kier molecular flexibility index (Phi) is 4.50. The summed E-state index contributed by atoms with van der Waals surface area (Å²) in [5.74, 6) is 0.931. The van der Waals surface area contributed by atoms with Crippen molar-refractivity contribution in [3.05, 3.63) is 59.2 Å². The standard InChI is InChI=1S/C20H24N2OS/c1-13-9-14(2)11-15(10-13)21-19(24)22-17-12-20(3,4)23-18-8-6-5-7-16(17)18/h5-11,17H,12H2,1-4H3,(H2,21,22,24)/t17-/m1/s1. The first kappa shape index (κ1) is 16.8. The van der Waals surface area contributed by atoms with Gasteiger partial charge in [0.1, 0.15) is 11.4 Å². The van der Waals surface area contributed by atoms with E-state index in [0.29, 0.717) is 5.11 Å². The monoisotopic (exact) mass is 340 g/mol. The number of benzene rings is 2. The predicted molar refractivity (Wildman–Crippen MR) is 104 cm³/mol. The zero-order valence-corrected chi connectivity index (χ0v) is 15.5. The molecule has 24 heavy (non-hydrogen) atoms. The Morgan fingerprint density at radius 2 is 1.79 bits per heavy atom. The first-order valence-corrected chi connectivity index (χ1v) is 8.67. The summed E-state index contributed by atoms with van der Waals surface area (Å²) in [6.45, 7) is 8.40. The number of ether oxygens (including phenoxy) is 1. The van der Waals surface area contributed by atoms with Gasteiger partial charge < -0.3 is 15.4 Å². The lowest BCUT2D eigenvalue weighted by molar-refractivity contribution is 0.0697. The van der Waals surface area contributed by atoms with Crippen molar-refractivity contribution in [2.24, 2.45) is 0 Å². The van der Waals surface area contributed by atoms with Gasteiger partial charge >= 0.3 is 0 Å². The number of aryl methyl sites for hydroxylation is 2. The third-order valence-electron chi connectivity index (χ3n) is 4.16. The Morgan fingerprint density at radius 3 is 2.50 bits per heavy atom. The number of para-hydroxylation sites is 1. The Hall–Kier alpha value is -2.07. The Bertz CT molecular complexity index is 750. The Morgan fingerprint density at radius 1 is 1.12 bits per heavy atom. The van der Waals surface area contributed by atoms with E-state index >= 15 is 0 Å². The molecule has 0 radical (unpaired) electrons. The number of nitrogens with one attached hydrogen (secondary N) is 2. The van der Waals surface area contributed by atoms with E-state index in [1.807, 2.05) is 18.2 Å². The van der Waals surface area contributed by atoms with Gasteiger partial charge in [-0.05, 0) is 69.2 Å². The van der Waals surface area contributed by atoms with Gasteiger partial charge in [0.25, 0.3) is 0 Å². The quantitative estimate of drug-likeness (QED) is 0.763. The second-order valence-corrected chi connectivity index (χ2v) is 7.54. The van der Waals surface area contributed by atoms with Gasteiger partial charge in [0.05, 0.1) is 6.04 Å². The van der Waals surface area contributed by atoms with Crippen LogP contribution in [0.15, 0.2) is 42.5 Å². The largest absolute Gasteiger partial charge is 0.487 e. The fraction of sp³-hybridized carbons (Fsp3) is 0.350. The number of anilines is 1. The van der Waals surface area contributed by atoms with E-state index in [0.717, 1.165) is 23.4 Å². The summed E-state index contributed by atoms with van der Waals surface area (Å²) in [5, 5.41) is 7.40. The zero-order valence-electron chi connectivity index (χ0n) is 14.6. The smallest absolute Gasteiger partial charge is 0.171 e. The SMILES string of the molecule is Cc1cc(C)cc(NC(=S)N[C@@H]2CC(C)(C)Oc3ccccc32)c1. The highest BCUT2D eigenvalue weighted by Crippen LogP contribution is 2.39. The normalized spacial score (nSPS) is 18.2. The average molecular weight is 340 g/mol. The van der Waals surface area contributed by atoms with Crippen molar-refractivity contribution < 1.29 is 4.74 Å². The predicted octanol–water partition coefficient (Wildman–Crippen LogP) is 4.89. The summed E-state index contributed by atoms with van der Waals surface area (Å²) in [4.78, 5) is 0. The highest BCUT2D eigenvalue weighted by atomic mass is 32.1. The lowest BCUT2D eigenvalue weighted by atomic mass is 9.90. The van der Waals surface area contributed by atoms with Crippen LogP contribution in [0.3, 0.4) is 0 Å². The molecule has 0 unspecified atom stereocenters. The molecule has 3 nitrogen and oxygen atoms in total. The van der Waals surface area contributed by atoms with Crippen molar-refractivity contribution >= 4 is 23.0 Å². The van der Waals surface area contributed by atoms with Crippen LogP contribution in [0, 0.1) is 13.8 Å². The van der Waals surface area contributed by atoms with E-state index in [1.54, 1.807) is 0 Å². The van der Waals surface area contributed by atoms with Crippen LogP contribution in [0.1, 0.15) is 43.0 Å². The summed E-state index contributed by atoms with van der Waals surface area (Å²) in [5.41, 5.74) is 4.39. The molecule has 0 amide bonds. The molecule has 0 aromatic heterocycles. The molecule has 2 aromatic carbocycles. The maximum Gasteiger partial charge on any atom is 0.171 e. The van der Waals surface area contributed by atoms with E-state index < -0.39 is 0 Å². The second-order valence-electron chi connectivity index (χ2n) is 7.13. The fourth-order valence-corrected chi connectivity index (χ4v) is 3.56. The summed E-state index contributed by atoms with van der Waals surface area (Å²) < 4.78 is 6.08. The first-order chi connectivity index (χ1) is 11.3. The van der Waals surface area contributed by atoms with Gasteiger partial charge in [-0.2, -0.15) is 0 Å². The molecule has 3 rings (SSSR count). The summed E-state index contributed by atoms with van der Waals surface area (Å²) in [6.07, 6.45) is 0.860. The van der Waals surface area contributed by atoms with E-state index in [2.05, 4.69) is 62.6 Å². The number of hydrogen-bond donors (Lipinski definition) is 2. The fourth-order valence-electron chi connectivity index (χ4n) is 3.30. The highest BCUT2D eigenvalue weighted by molar-refractivity contribution is 7.80. The van der Waals surface area contributed by atoms with Crippen molar-refractivity contribution in [2.75, 3.05) is 5.32 Å². The van der Waals surface area contributed by atoms with Crippen LogP contribution in [-0.4, -0.2) is 10.7 Å². The molecule has 0 spiro atoms. The van der Waals surface area contributed by atoms with Gasteiger partial charge in [-0.25, -0.2) is 0 Å². The summed E-state index contributed by atoms with van der Waals surface area (Å²) in [7, 11) is 0. The van der Waals surface area contributed by atoms with Crippen LogP contribution in [0.2, 0.25) is 0 Å². The van der Waals surface area contributed by atoms with Crippen LogP contribution in [0.5, 0.6) is 5.75 Å². The maximum absolute atomic E-state index is 6.08. The molecule has 0 fully saturated rings. The molecule has 0 bridgehead atoms. The number of hydrogen-bond acceptors (Lipinski definition) is 2. The number of fused-ring (bicyclic) bond motifs is 1. The van der Waals surface area contributed by atoms with Crippen LogP contribution < -0.4 is 15.4 Å². The zero-order chi connectivity index (χ0) is 17.3. The number of thiocarbonyl (C=S) groups is 1. The molecule has 4 heteroatoms. The van der Waals surface area contributed by atoms with E-state index in [9.17, 15) is 0 Å². The lowest BCUT2D eigenvalue weighted by Crippen LogP contribution is -2.42. The molecule has 0 saturated heterocycles. The topological polar surface area (TPSA) is 33.3 Å². The minimum absolute atomic E-state index is 0.135. The van der Waals surface area contributed by atoms with Gasteiger partial charge in [-0.3, -0.25) is 0 Å². The van der Waals surface area contributed by atoms with Crippen LogP contribution in [0.25, 0.3) is 0 Å². The summed E-state index contributed by atoms with van der Waals surface area (Å²) in [6, 6.07) is 14.6. The molecule has 0 saturated carbocycles. The van der Waals surface area contributed by atoms with E-state index in [-0.39, 0.29) is 11.6 Å². The molecule has 2 aromatic rings. The first-order valence-electron chi connectivity index (χ1n) is 8.26. The van der Waals surface area contributed by atoms with Crippen molar-refractivity contribution in [1.29, 1.82) is 0 Å². The van der Waals surface area contributed by atoms with E-state index in [1.165, 1.54) is 11.1 Å². The minimum Gasteiger partial charge on any atom is -0.487 e. The molecule has 1 aliphatic heterocycles. The van der Waals surface area contributed by atoms with Crippen LogP contribution >= 0.6 is 12.2 Å². The molecule has 126 valence electrons. The van der Waals surface area contributed by atoms with Crippen LogP contribution in [-0.2, 0) is 0 Å². The molecule has 2 N–H and O–H groups in total. The van der Waals surface area contributed by atoms with Gasteiger partial charge in [-0.1, -0.05) is 24.3 Å². The van der Waals surface area contributed by atoms with Gasteiger partial charge in [0.15, 0.2) is 5.11 Å². The average Bonchev–Trinajstić information content (AvgIpc) is 2.44. The molecule has 1 atom stereocenters. The van der Waals surface area contributed by atoms with Gasteiger partial charge in [-0.15, -0.1) is 0 Å². The van der Waals surface area contributed by atoms with Crippen molar-refractivity contribution in [2.45, 2.75) is 45.8 Å². The second kappa shape index (κ2) is 6.44. The van der Waals surface area contributed by atoms with Crippen LogP contribution in [0.4, 0.5) is 5.69 Å². The summed E-state index contributed by atoms with van der Waals surface area (Å²) >= 11 is 5.54. The lowest BCUT2D eigenvalue weighted by Gasteiger charge is -2.38. The van der Waals surface area contributed by atoms with Crippen molar-refractivity contribution in [3.63, 3.8) is 0 Å². The molecule has 1 heterocycles. The maximum atomic E-state index is 6.08. The minimum atomic E-state index is -0.221. The highest BCUT2D eigenvalue weighted by Gasteiger charge is 2.33. The Balaban J connectivity index is 1.76. The van der Waals surface area contributed by atoms with Gasteiger partial charge in [0.2, 0.25) is 0 Å². The molecule has 1 aliphatic rings. The van der Waals surface area contributed by atoms with Crippen molar-refractivity contribution in [1.82, 2.24) is 5.32 Å². The van der Waals surface area contributed by atoms with Gasteiger partial charge in [0, 0.05) is 17.7 Å². The Labute approximate surface area is 149 Å². The molecular formula is C20H24N2OS. The molecule has 0 aliphatic carbocycles. The molecular weight excluding hydrogens is 316 g/mol. The number of rotatable bonds is 2. The van der Waals surface area contributed by atoms with Crippen molar-refractivity contribution in [3.8, 4) is 5.75 Å².